The predicted octanol–water partition coefficient (Wildman–Crippen LogP) is 4.62. The van der Waals surface area contributed by atoms with E-state index in [2.05, 4.69) is 121 Å². The Morgan fingerprint density at radius 3 is 0.410 bits per heavy atom. The fourth-order valence-corrected chi connectivity index (χ4v) is 6.05. The largest absolute Gasteiger partial charge is 1.00 e. The van der Waals surface area contributed by atoms with Crippen LogP contribution in [0.25, 0.3) is 68.3 Å². The van der Waals surface area contributed by atoms with Gasteiger partial charge < -0.3 is 75.8 Å². The summed E-state index contributed by atoms with van der Waals surface area (Å²) in [6.07, 6.45) is 20.3. The second-order valence-electron chi connectivity index (χ2n) is 13.2. The molecule has 0 radical (unpaired) electrons. The van der Waals surface area contributed by atoms with E-state index in [1.54, 1.807) is 74.4 Å². The summed E-state index contributed by atoms with van der Waals surface area (Å²) in [6, 6.07) is 22.0. The molecule has 0 spiro atoms. The van der Waals surface area contributed by atoms with Crippen LogP contribution in [0.1, 0.15) is 0 Å². The maximum Gasteiger partial charge on any atom is 1.00 e. The van der Waals surface area contributed by atoms with Crippen LogP contribution in [0.3, 0.4) is 0 Å². The molecule has 0 saturated carbocycles. The van der Waals surface area contributed by atoms with Crippen LogP contribution in [-0.2, 0) is 178 Å². The standard InChI is InChI=1S/6C7H6N4S.6Cu/c6*12-7-9-6(10-11-7)5-1-3-8-4-2-5;;;;;;/h6*1-4H,(H2,9,10,11,12);;;;;;/q;;;;;;6*+1/p-6. The van der Waals surface area contributed by atoms with Crippen LogP contribution in [0.4, 0.5) is 0 Å². The van der Waals surface area contributed by atoms with Gasteiger partial charge in [0, 0.05) is 139 Å². The van der Waals surface area contributed by atoms with E-state index in [1.807, 2.05) is 72.8 Å². The Kier molecular flexibility index (Phi) is 34.1. The fourth-order valence-electron chi connectivity index (χ4n) is 5.26. The van der Waals surface area contributed by atoms with Gasteiger partial charge in [-0.25, -0.2) is 29.9 Å². The number of nitrogens with one attached hydrogen (secondary N) is 6. The molecule has 0 amide bonds. The molecular formula is C42H30Cu6N24S6. The van der Waals surface area contributed by atoms with Gasteiger partial charge in [-0.05, 0) is 72.8 Å². The smallest absolute Gasteiger partial charge is 0.741 e. The van der Waals surface area contributed by atoms with E-state index in [0.717, 1.165) is 33.4 Å². The first kappa shape index (κ1) is 70.2. The second-order valence-corrected chi connectivity index (χ2v) is 15.5. The number of hydrogen-bond donors (Lipinski definition) is 6. The van der Waals surface area contributed by atoms with Crippen LogP contribution in [0.15, 0.2) is 178 Å². The SMILES string of the molecule is [Cu+].[Cu+].[Cu+].[Cu+].[Cu+].[Cu+].[S-]c1nc(-c2ccncc2)n[nH]1.[S-]c1nc(-c2ccncc2)n[nH]1.[S-]c1nc(-c2ccncc2)n[nH]1.[S-]c1nc(-c2ccncc2)n[nH]1.[S-]c1nc(-c2ccncc2)n[nH]1.[S-]c1nc(-c2ccncc2)n[nH]1. The summed E-state index contributed by atoms with van der Waals surface area (Å²) in [7, 11) is 0. The van der Waals surface area contributed by atoms with Crippen LogP contribution < -0.4 is 0 Å². The maximum atomic E-state index is 4.79. The number of aromatic amines is 6. The van der Waals surface area contributed by atoms with Crippen molar-refractivity contribution in [3.05, 3.63) is 147 Å². The number of pyridine rings is 6. The van der Waals surface area contributed by atoms with Gasteiger partial charge in [0.1, 0.15) is 0 Å². The topological polar surface area (TPSA) is 327 Å². The van der Waals surface area contributed by atoms with Crippen molar-refractivity contribution >= 4 is 75.8 Å². The molecule has 0 aliphatic carbocycles. The van der Waals surface area contributed by atoms with Crippen molar-refractivity contribution in [2.45, 2.75) is 30.9 Å². The third kappa shape index (κ3) is 23.3. The van der Waals surface area contributed by atoms with Gasteiger partial charge in [-0.1, -0.05) is 0 Å². The van der Waals surface area contributed by atoms with Gasteiger partial charge in [0.05, 0.1) is 0 Å². The molecule has 0 bridgehead atoms. The van der Waals surface area contributed by atoms with Crippen molar-refractivity contribution in [2.24, 2.45) is 0 Å². The Labute approximate surface area is 540 Å². The van der Waals surface area contributed by atoms with Crippen molar-refractivity contribution in [1.29, 1.82) is 0 Å². The van der Waals surface area contributed by atoms with Crippen LogP contribution in [0.5, 0.6) is 0 Å². The molecule has 12 aromatic rings. The van der Waals surface area contributed by atoms with E-state index in [0.29, 0.717) is 65.9 Å². The van der Waals surface area contributed by atoms with E-state index in [4.69, 9.17) is 75.8 Å². The first-order valence-electron chi connectivity index (χ1n) is 20.2. The molecule has 420 valence electrons. The van der Waals surface area contributed by atoms with E-state index >= 15 is 0 Å². The molecule has 12 heterocycles. The molecule has 36 heteroatoms. The van der Waals surface area contributed by atoms with Gasteiger partial charge in [0.25, 0.3) is 0 Å². The monoisotopic (exact) mass is 1440 g/mol. The van der Waals surface area contributed by atoms with Crippen LogP contribution >= 0.6 is 0 Å². The van der Waals surface area contributed by atoms with Gasteiger partial charge in [-0.2, -0.15) is 30.6 Å². The average Bonchev–Trinajstić information content (AvgIpc) is 4.33. The summed E-state index contributed by atoms with van der Waals surface area (Å²) in [6.45, 7) is 0. The molecule has 0 fully saturated rings. The Bertz CT molecular complexity index is 2840. The van der Waals surface area contributed by atoms with E-state index in [1.165, 1.54) is 0 Å². The molecule has 0 saturated heterocycles. The first-order chi connectivity index (χ1) is 35.2. The third-order valence-electron chi connectivity index (χ3n) is 8.42. The Morgan fingerprint density at radius 1 is 0.205 bits per heavy atom. The normalized spacial score (nSPS) is 9.23. The maximum absolute atomic E-state index is 4.79. The molecule has 0 atom stereocenters. The number of rotatable bonds is 6. The zero-order chi connectivity index (χ0) is 50.3. The molecule has 0 aliphatic heterocycles. The molecule has 0 aliphatic rings. The van der Waals surface area contributed by atoms with Gasteiger partial charge in [0.2, 0.25) is 0 Å². The Hall–Kier alpha value is -5.82. The molecule has 12 rings (SSSR count). The number of nitrogens with zero attached hydrogens (tertiary/aromatic N) is 18. The minimum absolute atomic E-state index is 0. The van der Waals surface area contributed by atoms with Crippen molar-refractivity contribution in [3.8, 4) is 68.3 Å². The quantitative estimate of drug-likeness (QED) is 0.0977. The van der Waals surface area contributed by atoms with Crippen molar-refractivity contribution < 1.29 is 102 Å². The molecule has 0 unspecified atom stereocenters. The van der Waals surface area contributed by atoms with E-state index in [9.17, 15) is 0 Å². The summed E-state index contributed by atoms with van der Waals surface area (Å²) >= 11 is 28.7. The molecule has 78 heavy (non-hydrogen) atoms. The van der Waals surface area contributed by atoms with Gasteiger partial charge >= 0.3 is 102 Å². The van der Waals surface area contributed by atoms with Crippen LogP contribution in [0.2, 0.25) is 0 Å². The molecule has 0 aromatic carbocycles. The summed E-state index contributed by atoms with van der Waals surface area (Å²) in [4.78, 5) is 47.3. The number of H-pyrrole nitrogens is 6. The summed E-state index contributed by atoms with van der Waals surface area (Å²) in [5.41, 5.74) is 5.49. The van der Waals surface area contributed by atoms with Crippen LogP contribution in [0, 0.1) is 0 Å². The third-order valence-corrected chi connectivity index (χ3v) is 9.52. The average molecular weight is 1440 g/mol. The Balaban J connectivity index is 0.000000461. The van der Waals surface area contributed by atoms with Crippen molar-refractivity contribution in [1.82, 2.24) is 121 Å². The molecule has 6 N–H and O–H groups in total. The predicted molar refractivity (Wildman–Crippen MR) is 271 cm³/mol. The zero-order valence-corrected chi connectivity index (χ0v) is 48.7. The van der Waals surface area contributed by atoms with E-state index < -0.39 is 0 Å². The van der Waals surface area contributed by atoms with Crippen molar-refractivity contribution in [2.75, 3.05) is 0 Å². The zero-order valence-electron chi connectivity index (χ0n) is 38.2. The van der Waals surface area contributed by atoms with E-state index in [-0.39, 0.29) is 102 Å². The first-order valence-corrected chi connectivity index (χ1v) is 22.6. The number of hydrogen-bond acceptors (Lipinski definition) is 24. The fraction of sp³-hybridized carbons (Fsp3) is 0. The van der Waals surface area contributed by atoms with Crippen molar-refractivity contribution in [3.63, 3.8) is 0 Å². The van der Waals surface area contributed by atoms with Crippen LogP contribution in [-0.4, -0.2) is 121 Å². The summed E-state index contributed by atoms with van der Waals surface area (Å²) in [5, 5.41) is 41.5. The second kappa shape index (κ2) is 37.9. The van der Waals surface area contributed by atoms with Gasteiger partial charge in [-0.3, -0.25) is 60.5 Å². The summed E-state index contributed by atoms with van der Waals surface area (Å²) in [5.74, 6) is 3.68. The Morgan fingerprint density at radius 2 is 0.321 bits per heavy atom. The molecule has 24 nitrogen and oxygen atoms in total. The summed E-state index contributed by atoms with van der Waals surface area (Å²) < 4.78 is 0. The molecular weight excluding hydrogens is 1410 g/mol. The minimum atomic E-state index is 0. The minimum Gasteiger partial charge on any atom is -0.741 e. The molecule has 12 aromatic heterocycles. The van der Waals surface area contributed by atoms with Gasteiger partial charge in [0.15, 0.2) is 34.9 Å². The van der Waals surface area contributed by atoms with Gasteiger partial charge in [-0.15, -0.1) is 0 Å². The number of aromatic nitrogens is 24.